The molecule has 3 rings (SSSR count). The molecule has 1 saturated carbocycles. The van der Waals surface area contributed by atoms with E-state index in [1.54, 1.807) is 11.3 Å². The smallest absolute Gasteiger partial charge is 0.119 e. The number of rotatable bonds is 7. The van der Waals surface area contributed by atoms with Crippen LogP contribution in [0, 0.1) is 6.92 Å². The topological polar surface area (TPSA) is 34.1 Å². The first-order chi connectivity index (χ1) is 10.3. The minimum atomic E-state index is 0.229. The Labute approximate surface area is 130 Å². The van der Waals surface area contributed by atoms with Crippen molar-refractivity contribution >= 4 is 11.3 Å². The van der Waals surface area contributed by atoms with Gasteiger partial charge in [0.1, 0.15) is 5.75 Å². The van der Waals surface area contributed by atoms with Crippen molar-refractivity contribution in [3.05, 3.63) is 45.9 Å². The zero-order valence-electron chi connectivity index (χ0n) is 12.6. The van der Waals surface area contributed by atoms with E-state index in [1.165, 1.54) is 23.3 Å². The number of thiazole rings is 1. The van der Waals surface area contributed by atoms with Crippen molar-refractivity contribution in [3.63, 3.8) is 0 Å². The molecule has 2 aromatic rings. The molecule has 3 nitrogen and oxygen atoms in total. The van der Waals surface area contributed by atoms with Crippen LogP contribution in [0.15, 0.2) is 29.8 Å². The molecule has 0 saturated heterocycles. The first-order valence-corrected chi connectivity index (χ1v) is 8.56. The molecule has 1 atom stereocenters. The maximum Gasteiger partial charge on any atom is 0.119 e. The Hall–Kier alpha value is -1.39. The molecule has 0 spiro atoms. The van der Waals surface area contributed by atoms with Crippen molar-refractivity contribution in [3.8, 4) is 5.75 Å². The Balaban J connectivity index is 1.79. The maximum atomic E-state index is 5.83. The molecule has 0 amide bonds. The van der Waals surface area contributed by atoms with Gasteiger partial charge in [0.15, 0.2) is 0 Å². The average Bonchev–Trinajstić information content (AvgIpc) is 3.21. The fourth-order valence-corrected chi connectivity index (χ4v) is 3.26. The molecule has 1 N–H and O–H groups in total. The largest absolute Gasteiger partial charge is 0.490 e. The number of benzene rings is 1. The van der Waals surface area contributed by atoms with Gasteiger partial charge >= 0.3 is 0 Å². The summed E-state index contributed by atoms with van der Waals surface area (Å²) in [6.07, 6.45) is 3.97. The predicted molar refractivity (Wildman–Crippen MR) is 87.1 cm³/mol. The lowest BCUT2D eigenvalue weighted by molar-refractivity contribution is 0.303. The van der Waals surface area contributed by atoms with Crippen LogP contribution >= 0.6 is 11.3 Å². The number of aromatic nitrogens is 1. The first-order valence-electron chi connectivity index (χ1n) is 7.68. The molecule has 0 aliphatic heterocycles. The molecular formula is C17H22N2OS. The van der Waals surface area contributed by atoms with Crippen molar-refractivity contribution in [1.29, 1.82) is 0 Å². The Morgan fingerprint density at radius 2 is 2.10 bits per heavy atom. The molecule has 1 aliphatic carbocycles. The molecule has 1 heterocycles. The van der Waals surface area contributed by atoms with Crippen molar-refractivity contribution in [1.82, 2.24) is 10.3 Å². The highest BCUT2D eigenvalue weighted by Gasteiger charge is 2.23. The average molecular weight is 302 g/mol. The van der Waals surface area contributed by atoms with Crippen LogP contribution in [0.25, 0.3) is 0 Å². The Kier molecular flexibility index (Phi) is 4.56. The van der Waals surface area contributed by atoms with Crippen molar-refractivity contribution in [2.45, 2.75) is 45.3 Å². The molecule has 21 heavy (non-hydrogen) atoms. The monoisotopic (exact) mass is 302 g/mol. The molecule has 1 fully saturated rings. The highest BCUT2D eigenvalue weighted by atomic mass is 32.1. The molecule has 0 radical (unpaired) electrons. The van der Waals surface area contributed by atoms with E-state index in [2.05, 4.69) is 48.4 Å². The molecule has 1 aromatic carbocycles. The highest BCUT2D eigenvalue weighted by Crippen LogP contribution is 2.31. The first kappa shape index (κ1) is 14.5. The van der Waals surface area contributed by atoms with Crippen LogP contribution in [0.2, 0.25) is 0 Å². The van der Waals surface area contributed by atoms with E-state index in [-0.39, 0.29) is 6.04 Å². The minimum Gasteiger partial charge on any atom is -0.490 e. The van der Waals surface area contributed by atoms with Crippen LogP contribution in [0.3, 0.4) is 0 Å². The van der Waals surface area contributed by atoms with Gasteiger partial charge in [0, 0.05) is 4.88 Å². The van der Waals surface area contributed by atoms with Gasteiger partial charge in [-0.15, -0.1) is 11.3 Å². The third kappa shape index (κ3) is 3.63. The lowest BCUT2D eigenvalue weighted by Crippen LogP contribution is -2.23. The standard InChI is InChI=1S/C17H22N2OS/c1-3-10-18-16(17-12(2)19-11-21-17)13-4-6-14(7-5-13)20-15-8-9-15/h4-7,11,15-16,18H,3,8-10H2,1-2H3. The van der Waals surface area contributed by atoms with Gasteiger partial charge in [-0.2, -0.15) is 0 Å². The molecule has 1 unspecified atom stereocenters. The van der Waals surface area contributed by atoms with E-state index in [1.807, 2.05) is 5.51 Å². The number of ether oxygens (including phenoxy) is 1. The third-order valence-corrected chi connectivity index (χ3v) is 4.68. The van der Waals surface area contributed by atoms with E-state index in [9.17, 15) is 0 Å². The Morgan fingerprint density at radius 3 is 2.67 bits per heavy atom. The lowest BCUT2D eigenvalue weighted by atomic mass is 10.0. The summed E-state index contributed by atoms with van der Waals surface area (Å²) in [6, 6.07) is 8.75. The van der Waals surface area contributed by atoms with Gasteiger partial charge in [0.05, 0.1) is 23.4 Å². The minimum absolute atomic E-state index is 0.229. The second kappa shape index (κ2) is 6.58. The number of aryl methyl sites for hydroxylation is 1. The molecule has 1 aromatic heterocycles. The number of hydrogen-bond acceptors (Lipinski definition) is 4. The van der Waals surface area contributed by atoms with Crippen LogP contribution < -0.4 is 10.1 Å². The molecular weight excluding hydrogens is 280 g/mol. The van der Waals surface area contributed by atoms with Gasteiger partial charge in [-0.1, -0.05) is 19.1 Å². The fraction of sp³-hybridized carbons (Fsp3) is 0.471. The number of hydrogen-bond donors (Lipinski definition) is 1. The van der Waals surface area contributed by atoms with Crippen LogP contribution in [0.1, 0.15) is 48.4 Å². The van der Waals surface area contributed by atoms with Crippen LogP contribution in [0.5, 0.6) is 5.75 Å². The summed E-state index contributed by atoms with van der Waals surface area (Å²) < 4.78 is 5.83. The van der Waals surface area contributed by atoms with E-state index >= 15 is 0 Å². The van der Waals surface area contributed by atoms with Gasteiger partial charge in [-0.25, -0.2) is 4.98 Å². The van der Waals surface area contributed by atoms with Crippen LogP contribution in [-0.2, 0) is 0 Å². The molecule has 112 valence electrons. The maximum absolute atomic E-state index is 5.83. The van der Waals surface area contributed by atoms with Crippen molar-refractivity contribution in [2.24, 2.45) is 0 Å². The van der Waals surface area contributed by atoms with Crippen molar-refractivity contribution in [2.75, 3.05) is 6.54 Å². The Morgan fingerprint density at radius 1 is 1.33 bits per heavy atom. The summed E-state index contributed by atoms with van der Waals surface area (Å²) >= 11 is 1.72. The van der Waals surface area contributed by atoms with Crippen molar-refractivity contribution < 1.29 is 4.74 Å². The third-order valence-electron chi connectivity index (χ3n) is 3.68. The van der Waals surface area contributed by atoms with Crippen LogP contribution in [0.4, 0.5) is 0 Å². The van der Waals surface area contributed by atoms with Gasteiger partial charge in [-0.05, 0) is 50.4 Å². The summed E-state index contributed by atoms with van der Waals surface area (Å²) in [4.78, 5) is 5.70. The lowest BCUT2D eigenvalue weighted by Gasteiger charge is -2.19. The van der Waals surface area contributed by atoms with Gasteiger partial charge in [0.25, 0.3) is 0 Å². The fourth-order valence-electron chi connectivity index (χ4n) is 2.36. The summed E-state index contributed by atoms with van der Waals surface area (Å²) in [5.74, 6) is 0.983. The molecule has 4 heteroatoms. The predicted octanol–water partition coefficient (Wildman–Crippen LogP) is 4.08. The summed E-state index contributed by atoms with van der Waals surface area (Å²) in [5, 5.41) is 3.63. The van der Waals surface area contributed by atoms with E-state index in [4.69, 9.17) is 4.74 Å². The number of nitrogens with zero attached hydrogens (tertiary/aromatic N) is 1. The highest BCUT2D eigenvalue weighted by molar-refractivity contribution is 7.09. The van der Waals surface area contributed by atoms with E-state index in [0.717, 1.165) is 24.4 Å². The summed E-state index contributed by atoms with van der Waals surface area (Å²) in [5.41, 5.74) is 4.32. The summed E-state index contributed by atoms with van der Waals surface area (Å²) in [7, 11) is 0. The number of nitrogens with one attached hydrogen (secondary N) is 1. The molecule has 0 bridgehead atoms. The van der Waals surface area contributed by atoms with Gasteiger partial charge < -0.3 is 10.1 Å². The normalized spacial score (nSPS) is 15.9. The SMILES string of the molecule is CCCNC(c1ccc(OC2CC2)cc1)c1scnc1C. The van der Waals surface area contributed by atoms with E-state index < -0.39 is 0 Å². The zero-order valence-corrected chi connectivity index (χ0v) is 13.5. The summed E-state index contributed by atoms with van der Waals surface area (Å²) in [6.45, 7) is 5.27. The van der Waals surface area contributed by atoms with Gasteiger partial charge in [0.2, 0.25) is 0 Å². The van der Waals surface area contributed by atoms with E-state index in [0.29, 0.717) is 6.10 Å². The van der Waals surface area contributed by atoms with Crippen LogP contribution in [-0.4, -0.2) is 17.6 Å². The quantitative estimate of drug-likeness (QED) is 0.836. The second-order valence-corrected chi connectivity index (χ2v) is 6.46. The Bertz CT molecular complexity index is 575. The molecule has 1 aliphatic rings. The second-order valence-electron chi connectivity index (χ2n) is 5.58. The zero-order chi connectivity index (χ0) is 14.7. The van der Waals surface area contributed by atoms with Gasteiger partial charge in [-0.3, -0.25) is 0 Å².